The highest BCUT2D eigenvalue weighted by atomic mass is 16.1. The van der Waals surface area contributed by atoms with Crippen LogP contribution in [0.4, 0.5) is 0 Å². The van der Waals surface area contributed by atoms with E-state index in [2.05, 4.69) is 29.4 Å². The molecule has 2 aromatic heterocycles. The highest BCUT2D eigenvalue weighted by Gasteiger charge is 2.11. The lowest BCUT2D eigenvalue weighted by molar-refractivity contribution is 0.687. The van der Waals surface area contributed by atoms with E-state index in [1.54, 1.807) is 17.7 Å². The number of pyridine rings is 1. The first-order chi connectivity index (χ1) is 13.2. The molecule has 0 spiro atoms. The molecule has 0 amide bonds. The van der Waals surface area contributed by atoms with Gasteiger partial charge < -0.3 is 4.57 Å². The molecule has 0 aliphatic carbocycles. The van der Waals surface area contributed by atoms with Crippen LogP contribution in [0.1, 0.15) is 16.7 Å². The monoisotopic (exact) mass is 355 g/mol. The third-order valence-electron chi connectivity index (χ3n) is 4.68. The van der Waals surface area contributed by atoms with E-state index in [1.165, 1.54) is 11.1 Å². The second-order valence-corrected chi connectivity index (χ2v) is 6.74. The number of hydrogen-bond donors (Lipinski definition) is 0. The summed E-state index contributed by atoms with van der Waals surface area (Å²) in [6.07, 6.45) is 6.54. The molecule has 4 rings (SSSR count). The standard InChI is InChI=1S/C23H21N3O/c1-25-17-22(20(13-23(25)27)12-18-8-4-2-5-9-18)21-14-24-26(16-21)15-19-10-6-3-7-11-19/h2-11,13-14,16-17H,12,15H2,1H3. The van der Waals surface area contributed by atoms with Crippen molar-refractivity contribution in [3.8, 4) is 11.1 Å². The molecule has 0 atom stereocenters. The molecular weight excluding hydrogens is 334 g/mol. The Hall–Kier alpha value is -3.40. The topological polar surface area (TPSA) is 39.8 Å². The number of nitrogens with zero attached hydrogens (tertiary/aromatic N) is 3. The molecule has 0 N–H and O–H groups in total. The van der Waals surface area contributed by atoms with E-state index in [-0.39, 0.29) is 5.56 Å². The van der Waals surface area contributed by atoms with Crippen LogP contribution in [0, 0.1) is 0 Å². The van der Waals surface area contributed by atoms with Gasteiger partial charge in [-0.3, -0.25) is 9.48 Å². The molecule has 0 radical (unpaired) electrons. The molecule has 0 unspecified atom stereocenters. The molecular formula is C23H21N3O. The van der Waals surface area contributed by atoms with Crippen molar-refractivity contribution >= 4 is 0 Å². The summed E-state index contributed by atoms with van der Waals surface area (Å²) in [4.78, 5) is 12.2. The van der Waals surface area contributed by atoms with Crippen molar-refractivity contribution in [1.82, 2.24) is 14.3 Å². The van der Waals surface area contributed by atoms with E-state index >= 15 is 0 Å². The van der Waals surface area contributed by atoms with E-state index in [0.29, 0.717) is 0 Å². The van der Waals surface area contributed by atoms with E-state index in [1.807, 2.05) is 59.7 Å². The second-order valence-electron chi connectivity index (χ2n) is 6.74. The summed E-state index contributed by atoms with van der Waals surface area (Å²) < 4.78 is 3.56. The zero-order valence-electron chi connectivity index (χ0n) is 15.2. The number of aryl methyl sites for hydroxylation is 1. The predicted octanol–water partition coefficient (Wildman–Crippen LogP) is 3.89. The summed E-state index contributed by atoms with van der Waals surface area (Å²) in [6.45, 7) is 0.723. The van der Waals surface area contributed by atoms with Crippen LogP contribution in [0.3, 0.4) is 0 Å². The first-order valence-corrected chi connectivity index (χ1v) is 8.99. The van der Waals surface area contributed by atoms with Crippen LogP contribution in [0.2, 0.25) is 0 Å². The molecule has 0 aliphatic heterocycles. The summed E-state index contributed by atoms with van der Waals surface area (Å²) in [6, 6.07) is 22.2. The van der Waals surface area contributed by atoms with Gasteiger partial charge in [0, 0.05) is 36.6 Å². The number of aromatic nitrogens is 3. The molecule has 0 bridgehead atoms. The van der Waals surface area contributed by atoms with Crippen LogP contribution in [0.5, 0.6) is 0 Å². The Labute approximate surface area is 158 Å². The molecule has 4 heteroatoms. The smallest absolute Gasteiger partial charge is 0.250 e. The Morgan fingerprint density at radius 1 is 0.889 bits per heavy atom. The van der Waals surface area contributed by atoms with Crippen LogP contribution >= 0.6 is 0 Å². The molecule has 27 heavy (non-hydrogen) atoms. The maximum atomic E-state index is 12.2. The summed E-state index contributed by atoms with van der Waals surface area (Å²) in [5, 5.41) is 4.52. The van der Waals surface area contributed by atoms with Gasteiger partial charge in [0.25, 0.3) is 5.56 Å². The van der Waals surface area contributed by atoms with Gasteiger partial charge in [-0.05, 0) is 23.1 Å². The van der Waals surface area contributed by atoms with Crippen molar-refractivity contribution in [1.29, 1.82) is 0 Å². The highest BCUT2D eigenvalue weighted by Crippen LogP contribution is 2.24. The summed E-state index contributed by atoms with van der Waals surface area (Å²) in [5.74, 6) is 0. The average Bonchev–Trinajstić information content (AvgIpc) is 3.14. The van der Waals surface area contributed by atoms with Gasteiger partial charge in [-0.2, -0.15) is 5.10 Å². The van der Waals surface area contributed by atoms with Crippen LogP contribution in [0.25, 0.3) is 11.1 Å². The molecule has 134 valence electrons. The minimum absolute atomic E-state index is 0.00126. The molecule has 4 aromatic rings. The van der Waals surface area contributed by atoms with Crippen LogP contribution < -0.4 is 5.56 Å². The van der Waals surface area contributed by atoms with Gasteiger partial charge in [-0.1, -0.05) is 60.7 Å². The second kappa shape index (κ2) is 7.46. The summed E-state index contributed by atoms with van der Waals surface area (Å²) >= 11 is 0. The van der Waals surface area contributed by atoms with Crippen molar-refractivity contribution in [2.75, 3.05) is 0 Å². The van der Waals surface area contributed by atoms with Gasteiger partial charge in [0.1, 0.15) is 0 Å². The fourth-order valence-electron chi connectivity index (χ4n) is 3.25. The predicted molar refractivity (Wildman–Crippen MR) is 108 cm³/mol. The maximum Gasteiger partial charge on any atom is 0.250 e. The Bertz CT molecular complexity index is 1100. The number of benzene rings is 2. The first-order valence-electron chi connectivity index (χ1n) is 8.99. The van der Waals surface area contributed by atoms with Crippen molar-refractivity contribution in [3.63, 3.8) is 0 Å². The van der Waals surface area contributed by atoms with Crippen LogP contribution in [-0.2, 0) is 20.0 Å². The minimum Gasteiger partial charge on any atom is -0.318 e. The van der Waals surface area contributed by atoms with Gasteiger partial charge in [0.05, 0.1) is 12.7 Å². The zero-order valence-corrected chi connectivity index (χ0v) is 15.2. The van der Waals surface area contributed by atoms with Gasteiger partial charge in [0.2, 0.25) is 0 Å². The molecule has 2 aromatic carbocycles. The van der Waals surface area contributed by atoms with Gasteiger partial charge in [-0.15, -0.1) is 0 Å². The Balaban J connectivity index is 1.69. The van der Waals surface area contributed by atoms with E-state index in [0.717, 1.165) is 29.7 Å². The summed E-state index contributed by atoms with van der Waals surface area (Å²) in [5.41, 5.74) is 5.47. The van der Waals surface area contributed by atoms with E-state index < -0.39 is 0 Å². The average molecular weight is 355 g/mol. The lowest BCUT2D eigenvalue weighted by Crippen LogP contribution is -2.16. The Morgan fingerprint density at radius 3 is 2.26 bits per heavy atom. The van der Waals surface area contributed by atoms with Crippen molar-refractivity contribution in [3.05, 3.63) is 112 Å². The largest absolute Gasteiger partial charge is 0.318 e. The minimum atomic E-state index is 0.00126. The molecule has 0 saturated heterocycles. The maximum absolute atomic E-state index is 12.2. The van der Waals surface area contributed by atoms with E-state index in [9.17, 15) is 4.79 Å². The lowest BCUT2D eigenvalue weighted by Gasteiger charge is -2.10. The van der Waals surface area contributed by atoms with E-state index in [4.69, 9.17) is 0 Å². The van der Waals surface area contributed by atoms with Crippen molar-refractivity contribution in [2.45, 2.75) is 13.0 Å². The highest BCUT2D eigenvalue weighted by molar-refractivity contribution is 5.65. The molecule has 4 nitrogen and oxygen atoms in total. The Kier molecular flexibility index (Phi) is 4.71. The third-order valence-corrected chi connectivity index (χ3v) is 4.68. The third kappa shape index (κ3) is 3.90. The van der Waals surface area contributed by atoms with Crippen LogP contribution in [0.15, 0.2) is 90.1 Å². The van der Waals surface area contributed by atoms with Crippen molar-refractivity contribution in [2.24, 2.45) is 7.05 Å². The molecule has 0 aliphatic rings. The fraction of sp³-hybridized carbons (Fsp3) is 0.130. The summed E-state index contributed by atoms with van der Waals surface area (Å²) in [7, 11) is 1.78. The normalized spacial score (nSPS) is 10.9. The van der Waals surface area contributed by atoms with Crippen LogP contribution in [-0.4, -0.2) is 14.3 Å². The molecule has 2 heterocycles. The van der Waals surface area contributed by atoms with Gasteiger partial charge in [0.15, 0.2) is 0 Å². The Morgan fingerprint density at radius 2 is 1.56 bits per heavy atom. The fourth-order valence-corrected chi connectivity index (χ4v) is 3.25. The zero-order chi connectivity index (χ0) is 18.6. The lowest BCUT2D eigenvalue weighted by atomic mass is 9.98. The quantitative estimate of drug-likeness (QED) is 0.545. The number of hydrogen-bond acceptors (Lipinski definition) is 2. The van der Waals surface area contributed by atoms with Crippen molar-refractivity contribution < 1.29 is 0 Å². The molecule has 0 fully saturated rings. The van der Waals surface area contributed by atoms with Gasteiger partial charge >= 0.3 is 0 Å². The van der Waals surface area contributed by atoms with Gasteiger partial charge in [-0.25, -0.2) is 0 Å². The molecule has 0 saturated carbocycles. The number of rotatable bonds is 5. The SMILES string of the molecule is Cn1cc(-c2cnn(Cc3ccccc3)c2)c(Cc2ccccc2)cc1=O. The first kappa shape index (κ1) is 17.0.